The number of fused-ring (bicyclic) bond motifs is 1. The molecule has 1 N–H and O–H groups in total. The summed E-state index contributed by atoms with van der Waals surface area (Å²) in [6.07, 6.45) is 3.77. The Labute approximate surface area is 184 Å². The maximum absolute atomic E-state index is 12.9. The molecule has 1 saturated carbocycles. The van der Waals surface area contributed by atoms with E-state index in [0.29, 0.717) is 22.2 Å². The lowest BCUT2D eigenvalue weighted by atomic mass is 10.1. The molecular weight excluding hydrogens is 410 g/mol. The number of amides is 1. The van der Waals surface area contributed by atoms with Crippen LogP contribution in [-0.4, -0.2) is 26.9 Å². The molecule has 31 heavy (non-hydrogen) atoms. The number of halogens is 1. The minimum absolute atomic E-state index is 0.277. The van der Waals surface area contributed by atoms with Gasteiger partial charge in [-0.2, -0.15) is 10.2 Å². The van der Waals surface area contributed by atoms with E-state index in [1.54, 1.807) is 4.68 Å². The predicted octanol–water partition coefficient (Wildman–Crippen LogP) is 5.02. The molecule has 154 valence electrons. The van der Waals surface area contributed by atoms with Gasteiger partial charge in [0.15, 0.2) is 0 Å². The van der Waals surface area contributed by atoms with E-state index in [1.807, 2.05) is 67.6 Å². The van der Waals surface area contributed by atoms with Crippen molar-refractivity contribution in [1.29, 1.82) is 0 Å². The van der Waals surface area contributed by atoms with Gasteiger partial charge >= 0.3 is 0 Å². The van der Waals surface area contributed by atoms with Crippen LogP contribution in [0.25, 0.3) is 16.6 Å². The van der Waals surface area contributed by atoms with E-state index in [-0.39, 0.29) is 5.91 Å². The van der Waals surface area contributed by atoms with Gasteiger partial charge in [-0.1, -0.05) is 48.0 Å². The molecule has 6 nitrogen and oxygen atoms in total. The second-order valence-corrected chi connectivity index (χ2v) is 7.98. The van der Waals surface area contributed by atoms with E-state index in [0.717, 1.165) is 40.8 Å². The molecule has 0 aliphatic heterocycles. The van der Waals surface area contributed by atoms with Gasteiger partial charge in [-0.25, -0.2) is 10.1 Å². The fourth-order valence-electron chi connectivity index (χ4n) is 3.59. The number of nitrogens with zero attached hydrogens (tertiary/aromatic N) is 4. The third kappa shape index (κ3) is 3.82. The van der Waals surface area contributed by atoms with Crippen molar-refractivity contribution in [2.45, 2.75) is 25.7 Å². The van der Waals surface area contributed by atoms with E-state index >= 15 is 0 Å². The summed E-state index contributed by atoms with van der Waals surface area (Å²) in [5, 5.41) is 9.90. The highest BCUT2D eigenvalue weighted by atomic mass is 35.5. The standard InChI is InChI=1S/C24H20ClN5O/c1-15-20(23(25)30(29-15)17-7-3-2-4-8-17)14-26-28-24(31)19-13-22(16-11-12-16)27-21-10-6-5-9-18(19)21/h2-10,13-14,16H,11-12H2,1H3,(H,28,31)/b26-14-. The molecule has 1 amide bonds. The number of hydrogen-bond donors (Lipinski definition) is 1. The Morgan fingerprint density at radius 2 is 1.90 bits per heavy atom. The quantitative estimate of drug-likeness (QED) is 0.357. The number of hydrazone groups is 1. The van der Waals surface area contributed by atoms with Crippen molar-refractivity contribution in [3.8, 4) is 5.69 Å². The first kappa shape index (κ1) is 19.5. The maximum atomic E-state index is 12.9. The highest BCUT2D eigenvalue weighted by Gasteiger charge is 2.27. The number of hydrogen-bond acceptors (Lipinski definition) is 4. The summed E-state index contributed by atoms with van der Waals surface area (Å²) >= 11 is 6.53. The lowest BCUT2D eigenvalue weighted by Crippen LogP contribution is -2.18. The van der Waals surface area contributed by atoms with Crippen molar-refractivity contribution in [3.05, 3.63) is 88.3 Å². The van der Waals surface area contributed by atoms with Gasteiger partial charge in [-0.05, 0) is 44.0 Å². The van der Waals surface area contributed by atoms with Crippen molar-refractivity contribution in [2.75, 3.05) is 0 Å². The van der Waals surface area contributed by atoms with Crippen LogP contribution in [0.1, 0.15) is 46.1 Å². The van der Waals surface area contributed by atoms with Crippen LogP contribution in [0, 0.1) is 6.92 Å². The van der Waals surface area contributed by atoms with Crippen LogP contribution >= 0.6 is 11.6 Å². The van der Waals surface area contributed by atoms with E-state index in [4.69, 9.17) is 16.6 Å². The Bertz CT molecular complexity index is 1310. The lowest BCUT2D eigenvalue weighted by Gasteiger charge is -2.08. The lowest BCUT2D eigenvalue weighted by molar-refractivity contribution is 0.0956. The third-order valence-electron chi connectivity index (χ3n) is 5.38. The van der Waals surface area contributed by atoms with Gasteiger partial charge in [0, 0.05) is 17.0 Å². The summed E-state index contributed by atoms with van der Waals surface area (Å²) in [6, 6.07) is 19.2. The first-order valence-corrected chi connectivity index (χ1v) is 10.5. The molecule has 0 spiro atoms. The van der Waals surface area contributed by atoms with E-state index in [9.17, 15) is 4.79 Å². The van der Waals surface area contributed by atoms with Gasteiger partial charge in [-0.3, -0.25) is 9.78 Å². The molecule has 7 heteroatoms. The average Bonchev–Trinajstić information content (AvgIpc) is 3.61. The molecule has 1 aliphatic rings. The molecule has 0 bridgehead atoms. The average molecular weight is 430 g/mol. The summed E-state index contributed by atoms with van der Waals surface area (Å²) in [7, 11) is 0. The van der Waals surface area contributed by atoms with E-state index < -0.39 is 0 Å². The number of aryl methyl sites for hydroxylation is 1. The zero-order valence-electron chi connectivity index (χ0n) is 16.9. The number of rotatable bonds is 5. The molecule has 0 unspecified atom stereocenters. The molecular formula is C24H20ClN5O. The number of carbonyl (C=O) groups excluding carboxylic acids is 1. The van der Waals surface area contributed by atoms with Crippen molar-refractivity contribution >= 4 is 34.6 Å². The fraction of sp³-hybridized carbons (Fsp3) is 0.167. The minimum atomic E-state index is -0.277. The van der Waals surface area contributed by atoms with Crippen molar-refractivity contribution < 1.29 is 4.79 Å². The van der Waals surface area contributed by atoms with Gasteiger partial charge in [0.05, 0.1) is 34.2 Å². The largest absolute Gasteiger partial charge is 0.272 e. The first-order chi connectivity index (χ1) is 15.1. The van der Waals surface area contributed by atoms with E-state index in [2.05, 4.69) is 15.6 Å². The molecule has 5 rings (SSSR count). The van der Waals surface area contributed by atoms with Crippen molar-refractivity contribution in [2.24, 2.45) is 5.10 Å². The summed E-state index contributed by atoms with van der Waals surface area (Å²) < 4.78 is 1.65. The van der Waals surface area contributed by atoms with Gasteiger partial charge in [-0.15, -0.1) is 0 Å². The van der Waals surface area contributed by atoms with Crippen LogP contribution in [-0.2, 0) is 0 Å². The molecule has 2 heterocycles. The smallest absolute Gasteiger partial charge is 0.267 e. The molecule has 0 radical (unpaired) electrons. The van der Waals surface area contributed by atoms with E-state index in [1.165, 1.54) is 6.21 Å². The van der Waals surface area contributed by atoms with Crippen LogP contribution in [0.15, 0.2) is 65.8 Å². The molecule has 0 saturated heterocycles. The Balaban J connectivity index is 1.41. The van der Waals surface area contributed by atoms with Crippen LogP contribution in [0.5, 0.6) is 0 Å². The highest BCUT2D eigenvalue weighted by molar-refractivity contribution is 6.32. The fourth-order valence-corrected chi connectivity index (χ4v) is 3.91. The van der Waals surface area contributed by atoms with Crippen LogP contribution in [0.4, 0.5) is 0 Å². The summed E-state index contributed by atoms with van der Waals surface area (Å²) in [4.78, 5) is 17.7. The number of benzene rings is 2. The summed E-state index contributed by atoms with van der Waals surface area (Å²) in [5.41, 5.74) is 7.24. The Morgan fingerprint density at radius 3 is 2.68 bits per heavy atom. The van der Waals surface area contributed by atoms with Crippen molar-refractivity contribution in [1.82, 2.24) is 20.2 Å². The van der Waals surface area contributed by atoms with Crippen molar-refractivity contribution in [3.63, 3.8) is 0 Å². The Hall–Kier alpha value is -3.51. The molecule has 2 aromatic heterocycles. The monoisotopic (exact) mass is 429 g/mol. The summed E-state index contributed by atoms with van der Waals surface area (Å²) in [5.74, 6) is 0.172. The minimum Gasteiger partial charge on any atom is -0.267 e. The molecule has 2 aromatic carbocycles. The van der Waals surface area contributed by atoms with Crippen LogP contribution in [0.2, 0.25) is 5.15 Å². The van der Waals surface area contributed by atoms with Gasteiger partial charge in [0.25, 0.3) is 5.91 Å². The van der Waals surface area contributed by atoms with Crippen LogP contribution in [0.3, 0.4) is 0 Å². The topological polar surface area (TPSA) is 72.2 Å². The normalized spacial score (nSPS) is 13.7. The first-order valence-electron chi connectivity index (χ1n) is 10.2. The summed E-state index contributed by atoms with van der Waals surface area (Å²) in [6.45, 7) is 1.85. The molecule has 0 atom stereocenters. The molecule has 1 aliphatic carbocycles. The number of nitrogens with one attached hydrogen (secondary N) is 1. The highest BCUT2D eigenvalue weighted by Crippen LogP contribution is 2.40. The zero-order chi connectivity index (χ0) is 21.4. The Kier molecular flexibility index (Phi) is 5.00. The maximum Gasteiger partial charge on any atom is 0.272 e. The van der Waals surface area contributed by atoms with Gasteiger partial charge in [0.2, 0.25) is 0 Å². The Morgan fingerprint density at radius 1 is 1.16 bits per heavy atom. The van der Waals surface area contributed by atoms with Gasteiger partial charge < -0.3 is 0 Å². The zero-order valence-corrected chi connectivity index (χ0v) is 17.7. The number of para-hydroxylation sites is 2. The van der Waals surface area contributed by atoms with Gasteiger partial charge in [0.1, 0.15) is 5.15 Å². The SMILES string of the molecule is Cc1nn(-c2ccccc2)c(Cl)c1/C=N\NC(=O)c1cc(C2CC2)nc2ccccc12. The second-order valence-electron chi connectivity index (χ2n) is 7.62. The third-order valence-corrected chi connectivity index (χ3v) is 5.75. The number of aromatic nitrogens is 3. The predicted molar refractivity (Wildman–Crippen MR) is 122 cm³/mol. The van der Waals surface area contributed by atoms with Crippen LogP contribution < -0.4 is 5.43 Å². The second kappa shape index (κ2) is 7.96. The molecule has 1 fully saturated rings. The number of carbonyl (C=O) groups is 1. The molecule has 4 aromatic rings. The number of pyridine rings is 1.